The molecule has 0 N–H and O–H groups in total. The van der Waals surface area contributed by atoms with Gasteiger partial charge in [0.2, 0.25) is 10.9 Å². The molecule has 0 amide bonds. The zero-order chi connectivity index (χ0) is 13.3. The summed E-state index contributed by atoms with van der Waals surface area (Å²) in [6.45, 7) is 7.44. The van der Waals surface area contributed by atoms with Gasteiger partial charge in [0.25, 0.3) is 0 Å². The predicted molar refractivity (Wildman–Crippen MR) is 75.1 cm³/mol. The average Bonchev–Trinajstić information content (AvgIpc) is 2.40. The summed E-state index contributed by atoms with van der Waals surface area (Å²) in [4.78, 5) is 25.4. The molecule has 2 rings (SSSR count). The van der Waals surface area contributed by atoms with Gasteiger partial charge in [-0.2, -0.15) is 0 Å². The summed E-state index contributed by atoms with van der Waals surface area (Å²) in [6, 6.07) is 7.72. The van der Waals surface area contributed by atoms with Crippen molar-refractivity contribution < 1.29 is 0 Å². The Morgan fingerprint density at radius 1 is 0.944 bits per heavy atom. The third-order valence-corrected chi connectivity index (χ3v) is 3.31. The Hall–Kier alpha value is -1.90. The molecule has 94 valence electrons. The quantitative estimate of drug-likeness (QED) is 0.772. The summed E-state index contributed by atoms with van der Waals surface area (Å²) < 4.78 is 0. The van der Waals surface area contributed by atoms with E-state index in [1.165, 1.54) is 0 Å². The maximum Gasteiger partial charge on any atom is 0.250 e. The molecule has 0 radical (unpaired) electrons. The van der Waals surface area contributed by atoms with Crippen molar-refractivity contribution in [2.75, 3.05) is 18.0 Å². The van der Waals surface area contributed by atoms with Crippen LogP contribution in [0.3, 0.4) is 0 Å². The molecule has 0 spiro atoms. The van der Waals surface area contributed by atoms with E-state index >= 15 is 0 Å². The fourth-order valence-electron chi connectivity index (χ4n) is 2.21. The Bertz CT molecular complexity index is 615. The molecule has 0 saturated carbocycles. The standard InChI is InChI=1S/C15H17NO2/c1-4-16(5-2)13-12(14(17)15(13)18)11-8-6-10(3)7-9-11/h6-9H,4-5H2,1-3H3. The molecular weight excluding hydrogens is 226 g/mol. The number of rotatable bonds is 4. The van der Waals surface area contributed by atoms with Crippen LogP contribution in [0, 0.1) is 6.92 Å². The van der Waals surface area contributed by atoms with Crippen LogP contribution in [0.15, 0.2) is 33.9 Å². The van der Waals surface area contributed by atoms with E-state index in [0.29, 0.717) is 11.3 Å². The van der Waals surface area contributed by atoms with Crippen LogP contribution in [0.25, 0.3) is 11.1 Å². The first-order chi connectivity index (χ1) is 8.60. The summed E-state index contributed by atoms with van der Waals surface area (Å²) in [6.07, 6.45) is 0. The van der Waals surface area contributed by atoms with Gasteiger partial charge in [-0.05, 0) is 26.3 Å². The maximum atomic E-state index is 11.8. The van der Waals surface area contributed by atoms with E-state index in [4.69, 9.17) is 0 Å². The smallest absolute Gasteiger partial charge is 0.250 e. The molecule has 0 atom stereocenters. The molecule has 3 heteroatoms. The maximum absolute atomic E-state index is 11.8. The summed E-state index contributed by atoms with van der Waals surface area (Å²) >= 11 is 0. The zero-order valence-electron chi connectivity index (χ0n) is 11.0. The lowest BCUT2D eigenvalue weighted by Gasteiger charge is -2.24. The molecule has 0 aromatic heterocycles. The van der Waals surface area contributed by atoms with Gasteiger partial charge in [0, 0.05) is 13.1 Å². The molecule has 18 heavy (non-hydrogen) atoms. The molecule has 3 nitrogen and oxygen atoms in total. The van der Waals surface area contributed by atoms with Crippen molar-refractivity contribution in [3.8, 4) is 11.1 Å². The summed E-state index contributed by atoms with van der Waals surface area (Å²) in [5, 5.41) is 0. The Kier molecular flexibility index (Phi) is 3.32. The van der Waals surface area contributed by atoms with E-state index in [0.717, 1.165) is 24.2 Å². The fraction of sp³-hybridized carbons (Fsp3) is 0.333. The number of nitrogens with zero attached hydrogens (tertiary/aromatic N) is 1. The van der Waals surface area contributed by atoms with Gasteiger partial charge in [-0.1, -0.05) is 29.8 Å². The third-order valence-electron chi connectivity index (χ3n) is 3.31. The molecule has 2 aromatic rings. The van der Waals surface area contributed by atoms with Crippen molar-refractivity contribution in [2.45, 2.75) is 20.8 Å². The van der Waals surface area contributed by atoms with Crippen molar-refractivity contribution in [3.05, 3.63) is 50.3 Å². The van der Waals surface area contributed by atoms with Crippen LogP contribution in [0.5, 0.6) is 0 Å². The van der Waals surface area contributed by atoms with Gasteiger partial charge in [0.15, 0.2) is 0 Å². The van der Waals surface area contributed by atoms with Gasteiger partial charge in [-0.15, -0.1) is 0 Å². The van der Waals surface area contributed by atoms with E-state index in [9.17, 15) is 9.59 Å². The molecule has 0 bridgehead atoms. The highest BCUT2D eigenvalue weighted by molar-refractivity contribution is 5.82. The first-order valence-electron chi connectivity index (χ1n) is 6.25. The van der Waals surface area contributed by atoms with Crippen LogP contribution in [-0.4, -0.2) is 13.1 Å². The van der Waals surface area contributed by atoms with Crippen LogP contribution in [0.1, 0.15) is 19.4 Å². The number of hydrogen-bond acceptors (Lipinski definition) is 3. The minimum absolute atomic E-state index is 0.353. The van der Waals surface area contributed by atoms with Crippen LogP contribution in [0.4, 0.5) is 5.69 Å². The van der Waals surface area contributed by atoms with E-state index in [1.54, 1.807) is 0 Å². The summed E-state index contributed by atoms with van der Waals surface area (Å²) in [7, 11) is 0. The second-order valence-electron chi connectivity index (χ2n) is 4.42. The Balaban J connectivity index is 2.52. The lowest BCUT2D eigenvalue weighted by atomic mass is 9.97. The Labute approximate surface area is 106 Å². The van der Waals surface area contributed by atoms with Gasteiger partial charge < -0.3 is 4.90 Å². The topological polar surface area (TPSA) is 37.4 Å². The molecule has 0 aliphatic heterocycles. The highest BCUT2D eigenvalue weighted by Gasteiger charge is 2.25. The SMILES string of the molecule is CCN(CC)c1c(-c2ccc(C)cc2)c(=O)c1=O. The number of anilines is 1. The predicted octanol–water partition coefficient (Wildman–Crippen LogP) is 2.10. The van der Waals surface area contributed by atoms with Gasteiger partial charge in [0.05, 0.1) is 5.56 Å². The number of hydrogen-bond donors (Lipinski definition) is 0. The highest BCUT2D eigenvalue weighted by Crippen LogP contribution is 2.26. The zero-order valence-corrected chi connectivity index (χ0v) is 11.0. The van der Waals surface area contributed by atoms with Crippen molar-refractivity contribution in [1.82, 2.24) is 0 Å². The first-order valence-corrected chi connectivity index (χ1v) is 6.25. The summed E-state index contributed by atoms with van der Waals surface area (Å²) in [5.74, 6) is 0. The molecule has 0 aliphatic rings. The Morgan fingerprint density at radius 2 is 1.50 bits per heavy atom. The van der Waals surface area contributed by atoms with Crippen LogP contribution in [0.2, 0.25) is 0 Å². The van der Waals surface area contributed by atoms with Gasteiger partial charge in [-0.3, -0.25) is 9.59 Å². The van der Waals surface area contributed by atoms with Crippen molar-refractivity contribution in [3.63, 3.8) is 0 Å². The normalized spacial score (nSPS) is 10.8. The van der Waals surface area contributed by atoms with Gasteiger partial charge >= 0.3 is 0 Å². The second kappa shape index (κ2) is 4.77. The van der Waals surface area contributed by atoms with Crippen LogP contribution in [-0.2, 0) is 0 Å². The molecule has 0 heterocycles. The fourth-order valence-corrected chi connectivity index (χ4v) is 2.21. The number of aryl methyl sites for hydroxylation is 1. The molecule has 0 aliphatic carbocycles. The molecule has 0 saturated heterocycles. The lowest BCUT2D eigenvalue weighted by Crippen LogP contribution is -2.42. The van der Waals surface area contributed by atoms with Crippen LogP contribution >= 0.6 is 0 Å². The van der Waals surface area contributed by atoms with E-state index in [1.807, 2.05) is 49.9 Å². The molecule has 0 fully saturated rings. The third kappa shape index (κ3) is 1.86. The first kappa shape index (κ1) is 12.6. The highest BCUT2D eigenvalue weighted by atomic mass is 16.2. The van der Waals surface area contributed by atoms with Crippen molar-refractivity contribution in [1.29, 1.82) is 0 Å². The second-order valence-corrected chi connectivity index (χ2v) is 4.42. The van der Waals surface area contributed by atoms with E-state index < -0.39 is 0 Å². The number of benzene rings is 1. The average molecular weight is 243 g/mol. The van der Waals surface area contributed by atoms with Crippen molar-refractivity contribution in [2.24, 2.45) is 0 Å². The van der Waals surface area contributed by atoms with Crippen LogP contribution < -0.4 is 15.8 Å². The summed E-state index contributed by atoms with van der Waals surface area (Å²) in [5.41, 5.74) is 2.42. The minimum Gasteiger partial charge on any atom is -0.368 e. The largest absolute Gasteiger partial charge is 0.368 e. The van der Waals surface area contributed by atoms with E-state index in [-0.39, 0.29) is 10.9 Å². The lowest BCUT2D eigenvalue weighted by molar-refractivity contribution is 0.856. The molecule has 0 unspecified atom stereocenters. The van der Waals surface area contributed by atoms with Gasteiger partial charge in [-0.25, -0.2) is 0 Å². The molecular formula is C15H17NO2. The van der Waals surface area contributed by atoms with Crippen molar-refractivity contribution >= 4 is 5.69 Å². The monoisotopic (exact) mass is 243 g/mol. The minimum atomic E-state index is -0.360. The van der Waals surface area contributed by atoms with E-state index in [2.05, 4.69) is 0 Å². The van der Waals surface area contributed by atoms with Gasteiger partial charge in [0.1, 0.15) is 5.69 Å². The molecule has 2 aromatic carbocycles. The Morgan fingerprint density at radius 3 is 2.00 bits per heavy atom.